The van der Waals surface area contributed by atoms with E-state index in [0.717, 1.165) is 17.7 Å². The zero-order valence-corrected chi connectivity index (χ0v) is 14.3. The molecule has 3 rings (SSSR count). The first-order valence-electron chi connectivity index (χ1n) is 7.94. The summed E-state index contributed by atoms with van der Waals surface area (Å²) in [6, 6.07) is 15.2. The SMILES string of the molecule is O=[N+]([O-])c1ccc(Oc2ccc(/C=N\Nc3ccccn3)cc2)c([N+](=O)[O-])c1. The van der Waals surface area contributed by atoms with Crippen LogP contribution in [0, 0.1) is 20.2 Å². The van der Waals surface area contributed by atoms with E-state index < -0.39 is 15.5 Å². The zero-order valence-electron chi connectivity index (χ0n) is 14.3. The Kier molecular flexibility index (Phi) is 5.51. The molecule has 28 heavy (non-hydrogen) atoms. The van der Waals surface area contributed by atoms with Gasteiger partial charge in [-0.1, -0.05) is 6.07 Å². The van der Waals surface area contributed by atoms with Crippen LogP contribution in [-0.2, 0) is 0 Å². The van der Waals surface area contributed by atoms with Gasteiger partial charge in [-0.05, 0) is 48.0 Å². The van der Waals surface area contributed by atoms with Crippen LogP contribution < -0.4 is 10.2 Å². The number of hydrogen-bond donors (Lipinski definition) is 1. The fraction of sp³-hybridized carbons (Fsp3) is 0. The molecule has 0 aliphatic carbocycles. The summed E-state index contributed by atoms with van der Waals surface area (Å²) in [6.45, 7) is 0. The maximum Gasteiger partial charge on any atom is 0.318 e. The van der Waals surface area contributed by atoms with E-state index in [1.165, 1.54) is 6.07 Å². The molecule has 1 aromatic heterocycles. The number of nitrogens with one attached hydrogen (secondary N) is 1. The molecule has 10 nitrogen and oxygen atoms in total. The fourth-order valence-corrected chi connectivity index (χ4v) is 2.20. The molecule has 0 spiro atoms. The van der Waals surface area contributed by atoms with E-state index in [-0.39, 0.29) is 11.4 Å². The van der Waals surface area contributed by atoms with Gasteiger partial charge < -0.3 is 4.74 Å². The summed E-state index contributed by atoms with van der Waals surface area (Å²) < 4.78 is 5.50. The average Bonchev–Trinajstić information content (AvgIpc) is 2.70. The van der Waals surface area contributed by atoms with E-state index in [1.54, 1.807) is 48.8 Å². The lowest BCUT2D eigenvalue weighted by Gasteiger charge is -2.06. The Labute approximate surface area is 158 Å². The van der Waals surface area contributed by atoms with Crippen LogP contribution in [0.15, 0.2) is 72.0 Å². The topological polar surface area (TPSA) is 133 Å². The minimum Gasteiger partial charge on any atom is -0.450 e. The van der Waals surface area contributed by atoms with Crippen molar-refractivity contribution in [2.24, 2.45) is 5.10 Å². The van der Waals surface area contributed by atoms with Gasteiger partial charge in [0.25, 0.3) is 5.69 Å². The number of benzene rings is 2. The summed E-state index contributed by atoms with van der Waals surface area (Å²) in [6.07, 6.45) is 3.22. The predicted molar refractivity (Wildman–Crippen MR) is 102 cm³/mol. The van der Waals surface area contributed by atoms with Crippen molar-refractivity contribution in [2.75, 3.05) is 5.43 Å². The quantitative estimate of drug-likeness (QED) is 0.370. The zero-order chi connectivity index (χ0) is 19.9. The van der Waals surface area contributed by atoms with Gasteiger partial charge in [0, 0.05) is 12.3 Å². The lowest BCUT2D eigenvalue weighted by molar-refractivity contribution is -0.394. The highest BCUT2D eigenvalue weighted by Gasteiger charge is 2.21. The molecular weight excluding hydrogens is 366 g/mol. The highest BCUT2D eigenvalue weighted by molar-refractivity contribution is 5.80. The molecule has 0 atom stereocenters. The largest absolute Gasteiger partial charge is 0.450 e. The number of nitro benzene ring substituents is 2. The Morgan fingerprint density at radius 1 is 1.00 bits per heavy atom. The number of pyridine rings is 1. The molecular formula is C18H13N5O5. The number of non-ortho nitro benzene ring substituents is 1. The third kappa shape index (κ3) is 4.64. The van der Waals surface area contributed by atoms with Gasteiger partial charge in [-0.2, -0.15) is 5.10 Å². The van der Waals surface area contributed by atoms with Gasteiger partial charge in [-0.3, -0.25) is 25.7 Å². The van der Waals surface area contributed by atoms with E-state index in [1.807, 2.05) is 6.07 Å². The van der Waals surface area contributed by atoms with E-state index in [0.29, 0.717) is 11.6 Å². The molecule has 0 amide bonds. The molecule has 0 saturated heterocycles. The first-order valence-corrected chi connectivity index (χ1v) is 7.94. The van der Waals surface area contributed by atoms with Crippen LogP contribution in [-0.4, -0.2) is 21.0 Å². The number of ether oxygens (including phenoxy) is 1. The smallest absolute Gasteiger partial charge is 0.318 e. The first-order chi connectivity index (χ1) is 13.5. The Hall–Kier alpha value is -4.34. The molecule has 2 aromatic carbocycles. The molecule has 1 N–H and O–H groups in total. The minimum atomic E-state index is -0.730. The maximum atomic E-state index is 11.1. The van der Waals surface area contributed by atoms with E-state index >= 15 is 0 Å². The lowest BCUT2D eigenvalue weighted by atomic mass is 10.2. The number of nitro groups is 2. The van der Waals surface area contributed by atoms with Crippen LogP contribution in [0.25, 0.3) is 0 Å². The minimum absolute atomic E-state index is 0.0890. The predicted octanol–water partition coefficient (Wildman–Crippen LogP) is 4.14. The lowest BCUT2D eigenvalue weighted by Crippen LogP contribution is -1.96. The summed E-state index contributed by atoms with van der Waals surface area (Å²) in [4.78, 5) is 24.6. The van der Waals surface area contributed by atoms with Gasteiger partial charge in [-0.25, -0.2) is 4.98 Å². The fourth-order valence-electron chi connectivity index (χ4n) is 2.20. The number of nitrogens with zero attached hydrogens (tertiary/aromatic N) is 4. The Morgan fingerprint density at radius 3 is 2.43 bits per heavy atom. The third-order valence-electron chi connectivity index (χ3n) is 3.52. The molecule has 0 radical (unpaired) electrons. The molecule has 0 fully saturated rings. The Balaban J connectivity index is 1.70. The number of aromatic nitrogens is 1. The van der Waals surface area contributed by atoms with Crippen LogP contribution in [0.5, 0.6) is 11.5 Å². The van der Waals surface area contributed by atoms with Crippen molar-refractivity contribution in [3.05, 3.63) is 92.7 Å². The van der Waals surface area contributed by atoms with Crippen molar-refractivity contribution >= 4 is 23.4 Å². The van der Waals surface area contributed by atoms with Gasteiger partial charge in [0.1, 0.15) is 11.6 Å². The van der Waals surface area contributed by atoms with E-state index in [9.17, 15) is 20.2 Å². The van der Waals surface area contributed by atoms with E-state index in [4.69, 9.17) is 4.74 Å². The summed E-state index contributed by atoms with van der Waals surface area (Å²) in [5.41, 5.74) is 2.67. The maximum absolute atomic E-state index is 11.1. The Morgan fingerprint density at radius 2 is 1.79 bits per heavy atom. The highest BCUT2D eigenvalue weighted by atomic mass is 16.6. The second kappa shape index (κ2) is 8.36. The number of rotatable bonds is 7. The van der Waals surface area contributed by atoms with Crippen LogP contribution in [0.1, 0.15) is 5.56 Å². The van der Waals surface area contributed by atoms with Crippen molar-refractivity contribution < 1.29 is 14.6 Å². The Bertz CT molecular complexity index is 1020. The number of hydrogen-bond acceptors (Lipinski definition) is 8. The molecule has 0 saturated carbocycles. The first kappa shape index (κ1) is 18.5. The monoisotopic (exact) mass is 379 g/mol. The summed E-state index contributed by atoms with van der Waals surface area (Å²) in [5.74, 6) is 0.852. The van der Waals surface area contributed by atoms with Gasteiger partial charge >= 0.3 is 5.69 Å². The summed E-state index contributed by atoms with van der Waals surface area (Å²) in [7, 11) is 0. The highest BCUT2D eigenvalue weighted by Crippen LogP contribution is 2.34. The van der Waals surface area contributed by atoms with Gasteiger partial charge in [0.05, 0.1) is 22.1 Å². The van der Waals surface area contributed by atoms with Gasteiger partial charge in [0.15, 0.2) is 0 Å². The van der Waals surface area contributed by atoms with Gasteiger partial charge in [-0.15, -0.1) is 0 Å². The molecule has 0 bridgehead atoms. The standard InChI is InChI=1S/C18H13N5O5/c24-22(25)14-6-9-17(16(11-14)23(26)27)28-15-7-4-13(5-8-15)12-20-21-18-3-1-2-10-19-18/h1-12H,(H,19,21)/b20-12-. The van der Waals surface area contributed by atoms with Crippen molar-refractivity contribution in [3.63, 3.8) is 0 Å². The van der Waals surface area contributed by atoms with Gasteiger partial charge in [0.2, 0.25) is 5.75 Å². The molecule has 0 aliphatic rings. The van der Waals surface area contributed by atoms with E-state index in [2.05, 4.69) is 15.5 Å². The van der Waals surface area contributed by atoms with Crippen molar-refractivity contribution in [2.45, 2.75) is 0 Å². The molecule has 3 aromatic rings. The van der Waals surface area contributed by atoms with Crippen molar-refractivity contribution in [1.29, 1.82) is 0 Å². The molecule has 140 valence electrons. The van der Waals surface area contributed by atoms with Crippen molar-refractivity contribution in [3.8, 4) is 11.5 Å². The number of anilines is 1. The van der Waals surface area contributed by atoms with Crippen LogP contribution in [0.2, 0.25) is 0 Å². The van der Waals surface area contributed by atoms with Crippen LogP contribution >= 0.6 is 0 Å². The molecule has 0 aliphatic heterocycles. The average molecular weight is 379 g/mol. The number of hydrazone groups is 1. The van der Waals surface area contributed by atoms with Crippen molar-refractivity contribution in [1.82, 2.24) is 4.98 Å². The van der Waals surface area contributed by atoms with Crippen LogP contribution in [0.4, 0.5) is 17.2 Å². The summed E-state index contributed by atoms with van der Waals surface area (Å²) in [5, 5.41) is 26.0. The molecule has 1 heterocycles. The van der Waals surface area contributed by atoms with Crippen LogP contribution in [0.3, 0.4) is 0 Å². The summed E-state index contributed by atoms with van der Waals surface area (Å²) >= 11 is 0. The molecule has 0 unspecified atom stereocenters. The third-order valence-corrected chi connectivity index (χ3v) is 3.52. The second-order valence-corrected chi connectivity index (χ2v) is 5.42. The molecule has 10 heteroatoms. The normalized spacial score (nSPS) is 10.6. The second-order valence-electron chi connectivity index (χ2n) is 5.42.